The third-order valence-corrected chi connectivity index (χ3v) is 3.54. The number of fused-ring (bicyclic) bond motifs is 1. The van der Waals surface area contributed by atoms with E-state index in [1.807, 2.05) is 0 Å². The van der Waals surface area contributed by atoms with Gasteiger partial charge in [-0.25, -0.2) is 13.1 Å². The number of hydrogen-bond donors (Lipinski definition) is 1. The molecule has 4 heteroatoms. The molecule has 0 spiro atoms. The molecule has 0 amide bonds. The summed E-state index contributed by atoms with van der Waals surface area (Å²) < 4.78 is 24.1. The van der Waals surface area contributed by atoms with Gasteiger partial charge in [0, 0.05) is 6.54 Å². The lowest BCUT2D eigenvalue weighted by Gasteiger charge is -2.10. The molecule has 1 saturated heterocycles. The fraction of sp³-hybridized carbons (Fsp3) is 1.00. The third-order valence-electron chi connectivity index (χ3n) is 2.07. The summed E-state index contributed by atoms with van der Waals surface area (Å²) >= 11 is 0. The Balaban J connectivity index is 2.18. The summed E-state index contributed by atoms with van der Waals surface area (Å²) in [7, 11) is -2.84. The largest absolute Gasteiger partial charge is 0.215 e. The van der Waals surface area contributed by atoms with Crippen LogP contribution in [0.5, 0.6) is 0 Å². The molecule has 0 aromatic carbocycles. The van der Waals surface area contributed by atoms with E-state index in [0.717, 1.165) is 6.42 Å². The van der Waals surface area contributed by atoms with Crippen LogP contribution < -0.4 is 4.72 Å². The Labute approximate surface area is 54.5 Å². The molecule has 2 rings (SSSR count). The fourth-order valence-corrected chi connectivity index (χ4v) is 2.90. The van der Waals surface area contributed by atoms with E-state index in [1.54, 1.807) is 0 Å². The van der Waals surface area contributed by atoms with E-state index < -0.39 is 10.0 Å². The number of nitrogens with one attached hydrogen (secondary N) is 1. The lowest BCUT2D eigenvalue weighted by molar-refractivity contribution is 0.554. The van der Waals surface area contributed by atoms with Gasteiger partial charge in [-0.3, -0.25) is 0 Å². The van der Waals surface area contributed by atoms with Gasteiger partial charge < -0.3 is 0 Å². The zero-order valence-electron chi connectivity index (χ0n) is 5.00. The Morgan fingerprint density at radius 1 is 1.33 bits per heavy atom. The van der Waals surface area contributed by atoms with Crippen molar-refractivity contribution in [2.75, 3.05) is 12.3 Å². The minimum Gasteiger partial charge on any atom is -0.215 e. The molecule has 1 saturated carbocycles. The smallest absolute Gasteiger partial charge is 0.211 e. The van der Waals surface area contributed by atoms with Crippen molar-refractivity contribution in [2.45, 2.75) is 6.42 Å². The number of rotatable bonds is 0. The quantitative estimate of drug-likeness (QED) is 0.504. The van der Waals surface area contributed by atoms with Crippen LogP contribution in [0.3, 0.4) is 0 Å². The van der Waals surface area contributed by atoms with Crippen LogP contribution in [0, 0.1) is 11.8 Å². The van der Waals surface area contributed by atoms with Gasteiger partial charge in [0.15, 0.2) is 0 Å². The SMILES string of the molecule is O=S1(=O)CC2CC2CN1. The predicted molar refractivity (Wildman–Crippen MR) is 33.4 cm³/mol. The Bertz CT molecular complexity index is 221. The van der Waals surface area contributed by atoms with Gasteiger partial charge in [-0.15, -0.1) is 0 Å². The molecular formula is C5H9NO2S. The molecular weight excluding hydrogens is 138 g/mol. The lowest BCUT2D eigenvalue weighted by atomic mass is 10.3. The highest BCUT2D eigenvalue weighted by molar-refractivity contribution is 7.89. The van der Waals surface area contributed by atoms with Crippen molar-refractivity contribution in [2.24, 2.45) is 11.8 Å². The first-order valence-corrected chi connectivity index (χ1v) is 4.80. The van der Waals surface area contributed by atoms with Crippen LogP contribution in [0.1, 0.15) is 6.42 Å². The van der Waals surface area contributed by atoms with Crippen molar-refractivity contribution in [1.29, 1.82) is 0 Å². The van der Waals surface area contributed by atoms with Crippen molar-refractivity contribution in [3.8, 4) is 0 Å². The molecule has 0 aromatic heterocycles. The second-order valence-corrected chi connectivity index (χ2v) is 4.74. The van der Waals surface area contributed by atoms with Crippen LogP contribution in [0.4, 0.5) is 0 Å². The van der Waals surface area contributed by atoms with Crippen molar-refractivity contribution < 1.29 is 8.42 Å². The molecule has 1 aliphatic carbocycles. The second-order valence-electron chi connectivity index (χ2n) is 2.89. The summed E-state index contributed by atoms with van der Waals surface area (Å²) in [5.41, 5.74) is 0. The van der Waals surface area contributed by atoms with Crippen LogP contribution >= 0.6 is 0 Å². The standard InChI is InChI=1S/C5H9NO2S/c7-9(8)3-5-1-4(5)2-6-9/h4-6H,1-3H2. The van der Waals surface area contributed by atoms with E-state index >= 15 is 0 Å². The average molecular weight is 147 g/mol. The topological polar surface area (TPSA) is 46.2 Å². The van der Waals surface area contributed by atoms with Gasteiger partial charge in [0.25, 0.3) is 0 Å². The summed E-state index contributed by atoms with van der Waals surface area (Å²) in [6, 6.07) is 0. The average Bonchev–Trinajstić information content (AvgIpc) is 2.41. The van der Waals surface area contributed by atoms with Crippen LogP contribution in [-0.4, -0.2) is 20.7 Å². The maximum Gasteiger partial charge on any atom is 0.211 e. The van der Waals surface area contributed by atoms with Gasteiger partial charge in [0.1, 0.15) is 0 Å². The van der Waals surface area contributed by atoms with Gasteiger partial charge in [0.05, 0.1) is 5.75 Å². The van der Waals surface area contributed by atoms with Crippen molar-refractivity contribution in [3.05, 3.63) is 0 Å². The predicted octanol–water partition coefficient (Wildman–Crippen LogP) is -0.445. The summed E-state index contributed by atoms with van der Waals surface area (Å²) in [4.78, 5) is 0. The normalized spacial score (nSPS) is 45.8. The highest BCUT2D eigenvalue weighted by Crippen LogP contribution is 2.41. The van der Waals surface area contributed by atoms with E-state index in [1.165, 1.54) is 0 Å². The molecule has 0 aromatic rings. The van der Waals surface area contributed by atoms with E-state index in [0.29, 0.717) is 24.1 Å². The molecule has 2 unspecified atom stereocenters. The van der Waals surface area contributed by atoms with Crippen LogP contribution in [0.15, 0.2) is 0 Å². The van der Waals surface area contributed by atoms with Crippen molar-refractivity contribution >= 4 is 10.0 Å². The molecule has 0 bridgehead atoms. The molecule has 2 atom stereocenters. The number of hydrogen-bond acceptors (Lipinski definition) is 2. The summed E-state index contributed by atoms with van der Waals surface area (Å²) in [5.74, 6) is 1.54. The monoisotopic (exact) mass is 147 g/mol. The summed E-state index contributed by atoms with van der Waals surface area (Å²) in [5, 5.41) is 0. The highest BCUT2D eigenvalue weighted by Gasteiger charge is 2.44. The van der Waals surface area contributed by atoms with Crippen LogP contribution in [0.25, 0.3) is 0 Å². The van der Waals surface area contributed by atoms with Crippen molar-refractivity contribution in [3.63, 3.8) is 0 Å². The minimum atomic E-state index is -2.84. The molecule has 52 valence electrons. The van der Waals surface area contributed by atoms with Gasteiger partial charge in [-0.1, -0.05) is 0 Å². The van der Waals surface area contributed by atoms with Gasteiger partial charge >= 0.3 is 0 Å². The molecule has 3 nitrogen and oxygen atoms in total. The first kappa shape index (κ1) is 5.68. The molecule has 1 N–H and O–H groups in total. The van der Waals surface area contributed by atoms with Crippen LogP contribution in [-0.2, 0) is 10.0 Å². The Kier molecular flexibility index (Phi) is 0.941. The molecule has 1 aliphatic heterocycles. The first-order chi connectivity index (χ1) is 4.17. The molecule has 9 heavy (non-hydrogen) atoms. The van der Waals surface area contributed by atoms with Crippen LogP contribution in [0.2, 0.25) is 0 Å². The minimum absolute atomic E-state index is 0.373. The van der Waals surface area contributed by atoms with Gasteiger partial charge in [0.2, 0.25) is 10.0 Å². The molecule has 1 heterocycles. The Morgan fingerprint density at radius 3 is 2.67 bits per heavy atom. The summed E-state index contributed by atoms with van der Waals surface area (Å²) in [6.07, 6.45) is 1.12. The lowest BCUT2D eigenvalue weighted by Crippen LogP contribution is -2.33. The third kappa shape index (κ3) is 0.966. The molecule has 2 aliphatic rings. The second kappa shape index (κ2) is 1.49. The van der Waals surface area contributed by atoms with E-state index in [9.17, 15) is 8.42 Å². The summed E-state index contributed by atoms with van der Waals surface area (Å²) in [6.45, 7) is 0.688. The highest BCUT2D eigenvalue weighted by atomic mass is 32.2. The van der Waals surface area contributed by atoms with Gasteiger partial charge in [-0.05, 0) is 18.3 Å². The number of sulfonamides is 1. The van der Waals surface area contributed by atoms with Gasteiger partial charge in [-0.2, -0.15) is 0 Å². The maximum absolute atomic E-state index is 10.8. The first-order valence-electron chi connectivity index (χ1n) is 3.15. The Morgan fingerprint density at radius 2 is 2.11 bits per heavy atom. The van der Waals surface area contributed by atoms with Crippen molar-refractivity contribution in [1.82, 2.24) is 4.72 Å². The zero-order valence-corrected chi connectivity index (χ0v) is 5.82. The molecule has 0 radical (unpaired) electrons. The maximum atomic E-state index is 10.8. The molecule has 2 fully saturated rings. The van der Waals surface area contributed by atoms with E-state index in [2.05, 4.69) is 4.72 Å². The van der Waals surface area contributed by atoms with E-state index in [-0.39, 0.29) is 0 Å². The fourth-order valence-electron chi connectivity index (χ4n) is 1.34. The zero-order chi connectivity index (χ0) is 6.48. The Hall–Kier alpha value is -0.0900. The van der Waals surface area contributed by atoms with E-state index in [4.69, 9.17) is 0 Å².